The van der Waals surface area contributed by atoms with E-state index in [1.54, 1.807) is 23.9 Å². The van der Waals surface area contributed by atoms with Crippen molar-refractivity contribution in [1.82, 2.24) is 15.1 Å². The third-order valence-electron chi connectivity index (χ3n) is 3.22. The second kappa shape index (κ2) is 7.53. The smallest absolute Gasteiger partial charge is 0.317 e. The molecule has 0 spiro atoms. The number of carbonyl (C=O) groups is 2. The number of carbonyl (C=O) groups excluding carboxylic acids is 2. The van der Waals surface area contributed by atoms with E-state index in [-0.39, 0.29) is 11.9 Å². The Morgan fingerprint density at radius 3 is 2.15 bits per heavy atom. The number of nitrogens with one attached hydrogen (secondary N) is 1. The number of rotatable bonds is 5. The van der Waals surface area contributed by atoms with E-state index in [9.17, 15) is 9.59 Å². The van der Waals surface area contributed by atoms with Gasteiger partial charge in [-0.1, -0.05) is 29.8 Å². The molecule has 3 amide bonds. The highest BCUT2D eigenvalue weighted by atomic mass is 16.2. The fraction of sp³-hybridized carbons (Fsp3) is 0.467. The highest BCUT2D eigenvalue weighted by molar-refractivity contribution is 5.74. The maximum Gasteiger partial charge on any atom is 0.317 e. The number of urea groups is 1. The molecule has 5 nitrogen and oxygen atoms in total. The molecular weight excluding hydrogens is 254 g/mol. The van der Waals surface area contributed by atoms with Crippen molar-refractivity contribution in [2.75, 3.05) is 27.2 Å². The summed E-state index contributed by atoms with van der Waals surface area (Å²) in [6.45, 7) is 5.09. The third kappa shape index (κ3) is 5.30. The molecule has 0 saturated carbocycles. The number of aryl methyl sites for hydroxylation is 1. The van der Waals surface area contributed by atoms with E-state index in [0.29, 0.717) is 19.6 Å². The molecule has 1 aromatic carbocycles. The van der Waals surface area contributed by atoms with Crippen LogP contribution in [0, 0.1) is 6.92 Å². The summed E-state index contributed by atoms with van der Waals surface area (Å²) in [5.41, 5.74) is 2.27. The van der Waals surface area contributed by atoms with Crippen LogP contribution in [0.25, 0.3) is 0 Å². The topological polar surface area (TPSA) is 52.7 Å². The lowest BCUT2D eigenvalue weighted by Gasteiger charge is -2.21. The molecule has 0 radical (unpaired) electrons. The number of likely N-dealkylation sites (N-methyl/N-ethyl adjacent to an activating group) is 2. The predicted molar refractivity (Wildman–Crippen MR) is 79.4 cm³/mol. The van der Waals surface area contributed by atoms with Crippen molar-refractivity contribution >= 4 is 11.9 Å². The van der Waals surface area contributed by atoms with E-state index in [4.69, 9.17) is 0 Å². The van der Waals surface area contributed by atoms with Gasteiger partial charge in [-0.25, -0.2) is 4.79 Å². The molecule has 0 aliphatic carbocycles. The summed E-state index contributed by atoms with van der Waals surface area (Å²) in [5, 5.41) is 2.85. The van der Waals surface area contributed by atoms with Crippen LogP contribution in [-0.2, 0) is 11.3 Å². The Morgan fingerprint density at radius 1 is 1.05 bits per heavy atom. The molecule has 20 heavy (non-hydrogen) atoms. The Bertz CT molecular complexity index is 457. The molecule has 0 aliphatic heterocycles. The lowest BCUT2D eigenvalue weighted by molar-refractivity contribution is -0.127. The molecule has 0 fully saturated rings. The van der Waals surface area contributed by atoms with Gasteiger partial charge in [-0.3, -0.25) is 4.79 Å². The Labute approximate surface area is 120 Å². The highest BCUT2D eigenvalue weighted by Gasteiger charge is 2.09. The largest absolute Gasteiger partial charge is 0.344 e. The number of nitrogens with zero attached hydrogens (tertiary/aromatic N) is 2. The van der Waals surface area contributed by atoms with Crippen molar-refractivity contribution in [2.24, 2.45) is 0 Å². The molecule has 0 atom stereocenters. The second-order valence-electron chi connectivity index (χ2n) is 5.01. The van der Waals surface area contributed by atoms with Gasteiger partial charge in [0.1, 0.15) is 0 Å². The highest BCUT2D eigenvalue weighted by Crippen LogP contribution is 2.02. The predicted octanol–water partition coefficient (Wildman–Crippen LogP) is 1.61. The van der Waals surface area contributed by atoms with Crippen LogP contribution in [-0.4, -0.2) is 48.9 Å². The molecule has 0 heterocycles. The molecular formula is C15H23N3O2. The van der Waals surface area contributed by atoms with Crippen LogP contribution < -0.4 is 5.32 Å². The lowest BCUT2D eigenvalue weighted by atomic mass is 10.1. The molecule has 0 saturated heterocycles. The van der Waals surface area contributed by atoms with Crippen molar-refractivity contribution in [3.63, 3.8) is 0 Å². The first-order chi connectivity index (χ1) is 9.40. The van der Waals surface area contributed by atoms with Crippen molar-refractivity contribution in [3.05, 3.63) is 35.4 Å². The summed E-state index contributed by atoms with van der Waals surface area (Å²) in [4.78, 5) is 26.1. The van der Waals surface area contributed by atoms with Crippen LogP contribution in [0.4, 0.5) is 4.79 Å². The lowest BCUT2D eigenvalue weighted by Crippen LogP contribution is -2.41. The molecule has 110 valence electrons. The first kappa shape index (κ1) is 16.0. The molecule has 5 heteroatoms. The van der Waals surface area contributed by atoms with Crippen LogP contribution in [0.5, 0.6) is 0 Å². The average molecular weight is 277 g/mol. The molecule has 1 N–H and O–H groups in total. The van der Waals surface area contributed by atoms with Gasteiger partial charge in [0, 0.05) is 40.7 Å². The van der Waals surface area contributed by atoms with E-state index in [0.717, 1.165) is 5.56 Å². The Hall–Kier alpha value is -2.04. The molecule has 0 bridgehead atoms. The first-order valence-electron chi connectivity index (χ1n) is 6.66. The summed E-state index contributed by atoms with van der Waals surface area (Å²) >= 11 is 0. The standard InChI is InChI=1S/C15H23N3O2/c1-12-5-7-14(8-6-12)11-16-15(20)18(4)10-9-17(3)13(2)19/h5-8H,9-11H2,1-4H3,(H,16,20). The van der Waals surface area contributed by atoms with E-state index in [1.807, 2.05) is 31.2 Å². The minimum atomic E-state index is -0.137. The number of amides is 3. The van der Waals surface area contributed by atoms with Gasteiger partial charge in [0.05, 0.1) is 0 Å². The zero-order chi connectivity index (χ0) is 15.1. The molecule has 0 aromatic heterocycles. The van der Waals surface area contributed by atoms with Crippen LogP contribution in [0.15, 0.2) is 24.3 Å². The van der Waals surface area contributed by atoms with Gasteiger partial charge in [-0.05, 0) is 12.5 Å². The van der Waals surface area contributed by atoms with Gasteiger partial charge in [0.25, 0.3) is 0 Å². The molecule has 0 aliphatic rings. The van der Waals surface area contributed by atoms with Crippen molar-refractivity contribution in [1.29, 1.82) is 0 Å². The van der Waals surface area contributed by atoms with E-state index < -0.39 is 0 Å². The summed E-state index contributed by atoms with van der Waals surface area (Å²) in [7, 11) is 3.44. The van der Waals surface area contributed by atoms with Crippen LogP contribution >= 0.6 is 0 Å². The Morgan fingerprint density at radius 2 is 1.60 bits per heavy atom. The van der Waals surface area contributed by atoms with Gasteiger partial charge in [0.2, 0.25) is 5.91 Å². The summed E-state index contributed by atoms with van der Waals surface area (Å²) in [6.07, 6.45) is 0. The van der Waals surface area contributed by atoms with Gasteiger partial charge < -0.3 is 15.1 Å². The Kier molecular flexibility index (Phi) is 6.03. The van der Waals surface area contributed by atoms with E-state index >= 15 is 0 Å². The second-order valence-corrected chi connectivity index (χ2v) is 5.01. The minimum absolute atomic E-state index is 0.00142. The zero-order valence-corrected chi connectivity index (χ0v) is 12.6. The monoisotopic (exact) mass is 277 g/mol. The van der Waals surface area contributed by atoms with Gasteiger partial charge >= 0.3 is 6.03 Å². The van der Waals surface area contributed by atoms with Gasteiger partial charge in [-0.15, -0.1) is 0 Å². The fourth-order valence-corrected chi connectivity index (χ4v) is 1.58. The third-order valence-corrected chi connectivity index (χ3v) is 3.22. The number of benzene rings is 1. The first-order valence-corrected chi connectivity index (χ1v) is 6.66. The number of hydrogen-bond acceptors (Lipinski definition) is 2. The SMILES string of the molecule is CC(=O)N(C)CCN(C)C(=O)NCc1ccc(C)cc1. The fourth-order valence-electron chi connectivity index (χ4n) is 1.58. The summed E-state index contributed by atoms with van der Waals surface area (Å²) < 4.78 is 0. The van der Waals surface area contributed by atoms with Gasteiger partial charge in [-0.2, -0.15) is 0 Å². The quantitative estimate of drug-likeness (QED) is 0.889. The summed E-state index contributed by atoms with van der Waals surface area (Å²) in [5.74, 6) is -0.00142. The van der Waals surface area contributed by atoms with Crippen LogP contribution in [0.1, 0.15) is 18.1 Å². The van der Waals surface area contributed by atoms with Crippen molar-refractivity contribution < 1.29 is 9.59 Å². The Balaban J connectivity index is 2.34. The average Bonchev–Trinajstić information content (AvgIpc) is 2.43. The minimum Gasteiger partial charge on any atom is -0.344 e. The normalized spacial score (nSPS) is 10.0. The summed E-state index contributed by atoms with van der Waals surface area (Å²) in [6, 6.07) is 7.90. The van der Waals surface area contributed by atoms with Crippen molar-refractivity contribution in [3.8, 4) is 0 Å². The zero-order valence-electron chi connectivity index (χ0n) is 12.6. The maximum absolute atomic E-state index is 11.9. The van der Waals surface area contributed by atoms with Gasteiger partial charge in [0.15, 0.2) is 0 Å². The maximum atomic E-state index is 11.9. The molecule has 1 rings (SSSR count). The molecule has 1 aromatic rings. The van der Waals surface area contributed by atoms with E-state index in [1.165, 1.54) is 12.5 Å². The van der Waals surface area contributed by atoms with E-state index in [2.05, 4.69) is 5.32 Å². The van der Waals surface area contributed by atoms with Crippen LogP contribution in [0.3, 0.4) is 0 Å². The van der Waals surface area contributed by atoms with Crippen LogP contribution in [0.2, 0.25) is 0 Å². The molecule has 0 unspecified atom stereocenters. The number of hydrogen-bond donors (Lipinski definition) is 1. The van der Waals surface area contributed by atoms with Crippen molar-refractivity contribution in [2.45, 2.75) is 20.4 Å².